The Balaban J connectivity index is 1.74. The highest BCUT2D eigenvalue weighted by Gasteiger charge is 2.03. The van der Waals surface area contributed by atoms with Crippen LogP contribution in [0.4, 0.5) is 23.1 Å². The predicted molar refractivity (Wildman–Crippen MR) is 98.1 cm³/mol. The van der Waals surface area contributed by atoms with E-state index < -0.39 is 0 Å². The van der Waals surface area contributed by atoms with Crippen LogP contribution in [0.5, 0.6) is 5.75 Å². The smallest absolute Gasteiger partial charge is 0.229 e. The first-order valence-corrected chi connectivity index (χ1v) is 7.86. The van der Waals surface area contributed by atoms with Gasteiger partial charge in [-0.15, -0.1) is 0 Å². The molecule has 2 aromatic carbocycles. The van der Waals surface area contributed by atoms with Crippen LogP contribution < -0.4 is 15.4 Å². The fraction of sp³-hybridized carbons (Fsp3) is 0.0588. The number of ether oxygens (including phenoxy) is 1. The topological polar surface area (TPSA) is 59.1 Å². The Kier molecular flexibility index (Phi) is 5.03. The lowest BCUT2D eigenvalue weighted by molar-refractivity contribution is 0.415. The van der Waals surface area contributed by atoms with Gasteiger partial charge >= 0.3 is 0 Å². The zero-order chi connectivity index (χ0) is 16.9. The number of nitrogens with zero attached hydrogens (tertiary/aromatic N) is 2. The lowest BCUT2D eigenvalue weighted by Crippen LogP contribution is -2.00. The molecule has 2 N–H and O–H groups in total. The van der Waals surface area contributed by atoms with Gasteiger partial charge in [-0.2, -0.15) is 4.98 Å². The summed E-state index contributed by atoms with van der Waals surface area (Å²) in [6.07, 6.45) is 1.67. The molecule has 0 amide bonds. The van der Waals surface area contributed by atoms with Crippen molar-refractivity contribution in [3.8, 4) is 5.75 Å². The summed E-state index contributed by atoms with van der Waals surface area (Å²) in [6, 6.07) is 14.6. The molecule has 3 rings (SSSR count). The summed E-state index contributed by atoms with van der Waals surface area (Å²) in [4.78, 5) is 8.63. The molecule has 0 aliphatic carbocycles. The highest BCUT2D eigenvalue weighted by Crippen LogP contribution is 2.27. The van der Waals surface area contributed by atoms with Gasteiger partial charge in [0.2, 0.25) is 5.95 Å². The minimum atomic E-state index is 0.477. The number of hydrogen-bond donors (Lipinski definition) is 2. The standard InChI is InChI=1S/C17H14Cl2N4O/c1-24-13-5-2-11(3-6-13)22-17-20-9-8-16(23-17)21-12-4-7-14(18)15(19)10-12/h2-10H,1H3,(H2,20,21,22,23). The maximum absolute atomic E-state index is 6.02. The van der Waals surface area contributed by atoms with Gasteiger partial charge in [0.15, 0.2) is 0 Å². The summed E-state index contributed by atoms with van der Waals surface area (Å²) in [6.45, 7) is 0. The van der Waals surface area contributed by atoms with E-state index in [-0.39, 0.29) is 0 Å². The Morgan fingerprint density at radius 3 is 2.33 bits per heavy atom. The quantitative estimate of drug-likeness (QED) is 0.648. The molecule has 0 bridgehead atoms. The molecule has 7 heteroatoms. The summed E-state index contributed by atoms with van der Waals surface area (Å²) in [5.41, 5.74) is 1.65. The van der Waals surface area contributed by atoms with E-state index in [0.717, 1.165) is 17.1 Å². The Morgan fingerprint density at radius 1 is 0.875 bits per heavy atom. The van der Waals surface area contributed by atoms with Crippen molar-refractivity contribution in [1.82, 2.24) is 9.97 Å². The molecule has 0 fully saturated rings. The Labute approximate surface area is 149 Å². The van der Waals surface area contributed by atoms with Gasteiger partial charge in [-0.3, -0.25) is 0 Å². The number of nitrogens with one attached hydrogen (secondary N) is 2. The van der Waals surface area contributed by atoms with Crippen molar-refractivity contribution in [1.29, 1.82) is 0 Å². The van der Waals surface area contributed by atoms with Crippen LogP contribution in [0.1, 0.15) is 0 Å². The zero-order valence-electron chi connectivity index (χ0n) is 12.8. The first-order valence-electron chi connectivity index (χ1n) is 7.10. The van der Waals surface area contributed by atoms with Crippen molar-refractivity contribution in [2.45, 2.75) is 0 Å². The average molecular weight is 361 g/mol. The largest absolute Gasteiger partial charge is 0.497 e. The molecular weight excluding hydrogens is 347 g/mol. The Hall–Kier alpha value is -2.50. The number of halogens is 2. The third-order valence-corrected chi connectivity index (χ3v) is 3.93. The zero-order valence-corrected chi connectivity index (χ0v) is 14.3. The highest BCUT2D eigenvalue weighted by atomic mass is 35.5. The molecule has 1 heterocycles. The van der Waals surface area contributed by atoms with Gasteiger partial charge in [-0.05, 0) is 48.5 Å². The van der Waals surface area contributed by atoms with Gasteiger partial charge in [0, 0.05) is 17.6 Å². The van der Waals surface area contributed by atoms with Gasteiger partial charge in [0.25, 0.3) is 0 Å². The van der Waals surface area contributed by atoms with E-state index in [4.69, 9.17) is 27.9 Å². The predicted octanol–water partition coefficient (Wildman–Crippen LogP) is 5.28. The van der Waals surface area contributed by atoms with Crippen LogP contribution in [0.25, 0.3) is 0 Å². The number of anilines is 4. The number of rotatable bonds is 5. The number of hydrogen-bond acceptors (Lipinski definition) is 5. The first-order chi connectivity index (χ1) is 11.6. The molecule has 0 saturated heterocycles. The van der Waals surface area contributed by atoms with Gasteiger partial charge in [-0.1, -0.05) is 23.2 Å². The van der Waals surface area contributed by atoms with Crippen LogP contribution in [-0.4, -0.2) is 17.1 Å². The third-order valence-electron chi connectivity index (χ3n) is 3.19. The molecular formula is C17H14Cl2N4O. The van der Waals surface area contributed by atoms with E-state index in [1.165, 1.54) is 0 Å². The monoisotopic (exact) mass is 360 g/mol. The van der Waals surface area contributed by atoms with Crippen molar-refractivity contribution < 1.29 is 4.74 Å². The van der Waals surface area contributed by atoms with Gasteiger partial charge < -0.3 is 15.4 Å². The summed E-state index contributed by atoms with van der Waals surface area (Å²) in [5, 5.41) is 7.28. The van der Waals surface area contributed by atoms with Crippen molar-refractivity contribution in [2.24, 2.45) is 0 Å². The summed E-state index contributed by atoms with van der Waals surface area (Å²) in [5.74, 6) is 1.90. The average Bonchev–Trinajstić information content (AvgIpc) is 2.59. The highest BCUT2D eigenvalue weighted by molar-refractivity contribution is 6.42. The Bertz CT molecular complexity index is 840. The second-order valence-electron chi connectivity index (χ2n) is 4.87. The number of aromatic nitrogens is 2. The molecule has 0 aliphatic rings. The number of benzene rings is 2. The molecule has 0 atom stereocenters. The third kappa shape index (κ3) is 4.07. The second kappa shape index (κ2) is 7.38. The molecule has 0 radical (unpaired) electrons. The van der Waals surface area contributed by atoms with Gasteiger partial charge in [-0.25, -0.2) is 4.98 Å². The molecule has 0 spiro atoms. The summed E-state index contributed by atoms with van der Waals surface area (Å²) >= 11 is 11.9. The first kappa shape index (κ1) is 16.4. The maximum Gasteiger partial charge on any atom is 0.229 e. The van der Waals surface area contributed by atoms with Crippen molar-refractivity contribution >= 4 is 46.3 Å². The minimum absolute atomic E-state index is 0.477. The van der Waals surface area contributed by atoms with Gasteiger partial charge in [0.05, 0.1) is 17.2 Å². The van der Waals surface area contributed by atoms with E-state index in [9.17, 15) is 0 Å². The Morgan fingerprint density at radius 2 is 1.62 bits per heavy atom. The number of methoxy groups -OCH3 is 1. The molecule has 0 unspecified atom stereocenters. The molecule has 3 aromatic rings. The van der Waals surface area contributed by atoms with Crippen molar-refractivity contribution in [3.63, 3.8) is 0 Å². The van der Waals surface area contributed by atoms with Crippen LogP contribution in [0.15, 0.2) is 54.7 Å². The van der Waals surface area contributed by atoms with E-state index in [0.29, 0.717) is 21.8 Å². The lowest BCUT2D eigenvalue weighted by atomic mass is 10.3. The summed E-state index contributed by atoms with van der Waals surface area (Å²) in [7, 11) is 1.63. The maximum atomic E-state index is 6.02. The van der Waals surface area contributed by atoms with Crippen molar-refractivity contribution in [2.75, 3.05) is 17.7 Å². The fourth-order valence-electron chi connectivity index (χ4n) is 2.01. The van der Waals surface area contributed by atoms with Crippen LogP contribution in [0.2, 0.25) is 10.0 Å². The van der Waals surface area contributed by atoms with Crippen LogP contribution in [0, 0.1) is 0 Å². The van der Waals surface area contributed by atoms with E-state index in [2.05, 4.69) is 20.6 Å². The van der Waals surface area contributed by atoms with E-state index in [1.54, 1.807) is 31.5 Å². The van der Waals surface area contributed by atoms with Crippen molar-refractivity contribution in [3.05, 3.63) is 64.8 Å². The molecule has 0 aliphatic heterocycles. The fourth-order valence-corrected chi connectivity index (χ4v) is 2.31. The van der Waals surface area contributed by atoms with E-state index in [1.807, 2.05) is 30.3 Å². The minimum Gasteiger partial charge on any atom is -0.497 e. The van der Waals surface area contributed by atoms with Gasteiger partial charge in [0.1, 0.15) is 11.6 Å². The normalized spacial score (nSPS) is 10.3. The summed E-state index contributed by atoms with van der Waals surface area (Å²) < 4.78 is 5.13. The second-order valence-corrected chi connectivity index (χ2v) is 5.69. The molecule has 1 aromatic heterocycles. The van der Waals surface area contributed by atoms with E-state index >= 15 is 0 Å². The SMILES string of the molecule is COc1ccc(Nc2nccc(Nc3ccc(Cl)c(Cl)c3)n2)cc1. The molecule has 0 saturated carbocycles. The van der Waals surface area contributed by atoms with Crippen LogP contribution in [-0.2, 0) is 0 Å². The van der Waals surface area contributed by atoms with Crippen LogP contribution >= 0.6 is 23.2 Å². The molecule has 5 nitrogen and oxygen atoms in total. The van der Waals surface area contributed by atoms with Crippen LogP contribution in [0.3, 0.4) is 0 Å². The lowest BCUT2D eigenvalue weighted by Gasteiger charge is -2.09. The molecule has 122 valence electrons. The molecule has 24 heavy (non-hydrogen) atoms.